The molecule has 2 rings (SSSR count). The predicted molar refractivity (Wildman–Crippen MR) is 123 cm³/mol. The van der Waals surface area contributed by atoms with E-state index in [1.54, 1.807) is 20.8 Å². The van der Waals surface area contributed by atoms with Crippen LogP contribution in [0.5, 0.6) is 11.5 Å². The first kappa shape index (κ1) is 24.5. The van der Waals surface area contributed by atoms with Crippen LogP contribution in [-0.4, -0.2) is 23.3 Å². The van der Waals surface area contributed by atoms with Gasteiger partial charge in [0.05, 0.1) is 16.3 Å². The summed E-state index contributed by atoms with van der Waals surface area (Å²) in [6.07, 6.45) is 7.63. The smallest absolute Gasteiger partial charge is 0.199 e. The van der Waals surface area contributed by atoms with Crippen molar-refractivity contribution in [3.63, 3.8) is 0 Å². The fraction of sp³-hybridized carbons (Fsp3) is 0.360. The van der Waals surface area contributed by atoms with Crippen molar-refractivity contribution in [3.8, 4) is 11.5 Å². The zero-order valence-corrected chi connectivity index (χ0v) is 19.4. The summed E-state index contributed by atoms with van der Waals surface area (Å²) in [6, 6.07) is 0. The second-order valence-corrected chi connectivity index (χ2v) is 8.16. The molecule has 6 heteroatoms. The van der Waals surface area contributed by atoms with E-state index in [0.29, 0.717) is 41.1 Å². The monoisotopic (exact) mass is 444 g/mol. The number of rotatable bonds is 9. The molecule has 0 saturated heterocycles. The van der Waals surface area contributed by atoms with Crippen molar-refractivity contribution in [3.05, 3.63) is 69.2 Å². The lowest BCUT2D eigenvalue weighted by molar-refractivity contribution is -0.119. The summed E-state index contributed by atoms with van der Waals surface area (Å²) in [5, 5.41) is 10.9. The molecular weight excluding hydrogens is 416 g/mol. The number of halogens is 1. The number of benzene rings is 1. The van der Waals surface area contributed by atoms with Crippen LogP contribution in [0.3, 0.4) is 0 Å². The minimum Gasteiger partial charge on any atom is -0.507 e. The predicted octanol–water partition coefficient (Wildman–Crippen LogP) is 6.17. The van der Waals surface area contributed by atoms with Crippen LogP contribution in [0.2, 0.25) is 5.02 Å². The maximum atomic E-state index is 11.6. The van der Waals surface area contributed by atoms with E-state index in [1.807, 2.05) is 26.0 Å². The van der Waals surface area contributed by atoms with Crippen LogP contribution in [0.25, 0.3) is 0 Å². The van der Waals surface area contributed by atoms with Gasteiger partial charge in [-0.3, -0.25) is 9.59 Å². The first-order chi connectivity index (χ1) is 14.6. The highest BCUT2D eigenvalue weighted by Gasteiger charge is 2.23. The summed E-state index contributed by atoms with van der Waals surface area (Å²) in [4.78, 5) is 23.0. The Bertz CT molecular complexity index is 998. The average molecular weight is 445 g/mol. The summed E-state index contributed by atoms with van der Waals surface area (Å²) in [6.45, 7) is 12.7. The number of allylic oxidation sites excluding steroid dienone is 5. The average Bonchev–Trinajstić information content (AvgIpc) is 3.04. The Morgan fingerprint density at radius 3 is 2.55 bits per heavy atom. The fourth-order valence-electron chi connectivity index (χ4n) is 3.21. The SMILES string of the molecule is C=C(C)Oc1c(Cl)c(C)c(C=O)c(O)c1C/C=C(\C)CC/C=C(\C)C1=CC(=O)C(C)O1. The van der Waals surface area contributed by atoms with Crippen LogP contribution in [0.1, 0.15) is 62.0 Å². The van der Waals surface area contributed by atoms with Crippen molar-refractivity contribution in [2.45, 2.75) is 60.0 Å². The van der Waals surface area contributed by atoms with Gasteiger partial charge in [-0.2, -0.15) is 0 Å². The second-order valence-electron chi connectivity index (χ2n) is 7.78. The van der Waals surface area contributed by atoms with Gasteiger partial charge in [-0.05, 0) is 65.0 Å². The Labute approximate surface area is 188 Å². The van der Waals surface area contributed by atoms with E-state index < -0.39 is 6.10 Å². The molecule has 1 aromatic carbocycles. The highest BCUT2D eigenvalue weighted by atomic mass is 35.5. The molecule has 0 saturated carbocycles. The number of carbonyl (C=O) groups excluding carboxylic acids is 2. The van der Waals surface area contributed by atoms with Gasteiger partial charge in [-0.25, -0.2) is 0 Å². The van der Waals surface area contributed by atoms with Crippen LogP contribution in [0.4, 0.5) is 0 Å². The normalized spacial score (nSPS) is 16.8. The molecule has 0 spiro atoms. The number of aromatic hydroxyl groups is 1. The molecule has 0 amide bonds. The number of ketones is 1. The van der Waals surface area contributed by atoms with Gasteiger partial charge in [0.15, 0.2) is 23.9 Å². The quantitative estimate of drug-likeness (QED) is 0.280. The number of aldehydes is 1. The van der Waals surface area contributed by atoms with Crippen molar-refractivity contribution in [1.82, 2.24) is 0 Å². The number of phenolic OH excluding ortho intramolecular Hbond substituents is 1. The molecule has 0 bridgehead atoms. The van der Waals surface area contributed by atoms with Crippen molar-refractivity contribution >= 4 is 23.7 Å². The highest BCUT2D eigenvalue weighted by Crippen LogP contribution is 2.42. The molecule has 1 aliphatic rings. The molecule has 1 unspecified atom stereocenters. The number of phenols is 1. The number of hydrogen-bond acceptors (Lipinski definition) is 5. The van der Waals surface area contributed by atoms with Gasteiger partial charge in [-0.1, -0.05) is 35.9 Å². The van der Waals surface area contributed by atoms with Gasteiger partial charge in [0, 0.05) is 11.6 Å². The fourth-order valence-corrected chi connectivity index (χ4v) is 3.47. The van der Waals surface area contributed by atoms with Crippen molar-refractivity contribution in [2.24, 2.45) is 0 Å². The minimum absolute atomic E-state index is 0.0159. The third-order valence-electron chi connectivity index (χ3n) is 5.15. The molecule has 0 fully saturated rings. The van der Waals surface area contributed by atoms with Crippen LogP contribution in [0, 0.1) is 6.92 Å². The minimum atomic E-state index is -0.416. The summed E-state index contributed by atoms with van der Waals surface area (Å²) in [5.74, 6) is 1.23. The third-order valence-corrected chi connectivity index (χ3v) is 5.61. The Hall–Kier alpha value is -2.79. The van der Waals surface area contributed by atoms with Crippen molar-refractivity contribution in [1.29, 1.82) is 0 Å². The molecule has 166 valence electrons. The van der Waals surface area contributed by atoms with E-state index in [0.717, 1.165) is 24.0 Å². The summed E-state index contributed by atoms with van der Waals surface area (Å²) >= 11 is 6.41. The topological polar surface area (TPSA) is 72.8 Å². The molecule has 31 heavy (non-hydrogen) atoms. The van der Waals surface area contributed by atoms with E-state index in [2.05, 4.69) is 6.58 Å². The summed E-state index contributed by atoms with van der Waals surface area (Å²) in [5.41, 5.74) is 3.10. The third kappa shape index (κ3) is 5.88. The second kappa shape index (κ2) is 10.5. The summed E-state index contributed by atoms with van der Waals surface area (Å²) in [7, 11) is 0. The van der Waals surface area contributed by atoms with E-state index >= 15 is 0 Å². The van der Waals surface area contributed by atoms with Gasteiger partial charge in [0.2, 0.25) is 0 Å². The van der Waals surface area contributed by atoms with E-state index in [-0.39, 0.29) is 22.1 Å². The molecule has 0 aromatic heterocycles. The molecule has 1 N–H and O–H groups in total. The first-order valence-corrected chi connectivity index (χ1v) is 10.5. The van der Waals surface area contributed by atoms with E-state index in [9.17, 15) is 14.7 Å². The maximum absolute atomic E-state index is 11.6. The maximum Gasteiger partial charge on any atom is 0.199 e. The van der Waals surface area contributed by atoms with Gasteiger partial charge >= 0.3 is 0 Å². The molecule has 0 radical (unpaired) electrons. The standard InChI is InChI=1S/C25H29ClO5/c1-14(2)30-25-19(24(29)20(13-27)17(5)23(25)26)11-10-15(3)8-7-9-16(4)22-12-21(28)18(6)31-22/h9-10,12-13,18,29H,1,7-8,11H2,2-6H3/b15-10+,16-9+. The largest absolute Gasteiger partial charge is 0.507 e. The molecular formula is C25H29ClO5. The van der Waals surface area contributed by atoms with Gasteiger partial charge in [-0.15, -0.1) is 0 Å². The van der Waals surface area contributed by atoms with Gasteiger partial charge in [0.25, 0.3) is 0 Å². The molecule has 1 heterocycles. The van der Waals surface area contributed by atoms with Crippen molar-refractivity contribution < 1.29 is 24.2 Å². The molecule has 1 aliphatic heterocycles. The Morgan fingerprint density at radius 1 is 1.32 bits per heavy atom. The van der Waals surface area contributed by atoms with Gasteiger partial charge in [0.1, 0.15) is 11.5 Å². The lowest BCUT2D eigenvalue weighted by Crippen LogP contribution is -2.10. The van der Waals surface area contributed by atoms with Crippen LogP contribution in [0.15, 0.2) is 47.5 Å². The van der Waals surface area contributed by atoms with E-state index in [4.69, 9.17) is 21.1 Å². The molecule has 5 nitrogen and oxygen atoms in total. The number of hydrogen-bond donors (Lipinski definition) is 1. The van der Waals surface area contributed by atoms with Gasteiger partial charge < -0.3 is 14.6 Å². The lowest BCUT2D eigenvalue weighted by Gasteiger charge is -2.17. The van der Waals surface area contributed by atoms with Crippen molar-refractivity contribution in [2.75, 3.05) is 0 Å². The van der Waals surface area contributed by atoms with Crippen LogP contribution >= 0.6 is 11.6 Å². The Kier molecular flexibility index (Phi) is 8.28. The Balaban J connectivity index is 2.17. The Morgan fingerprint density at radius 2 is 2.00 bits per heavy atom. The highest BCUT2D eigenvalue weighted by molar-refractivity contribution is 6.33. The molecule has 0 aliphatic carbocycles. The molecule has 1 atom stereocenters. The number of ether oxygens (including phenoxy) is 2. The first-order valence-electron chi connectivity index (χ1n) is 10.1. The van der Waals surface area contributed by atoms with Crippen LogP contribution < -0.4 is 4.74 Å². The van der Waals surface area contributed by atoms with Crippen LogP contribution in [-0.2, 0) is 16.0 Å². The zero-order chi connectivity index (χ0) is 23.3. The lowest BCUT2D eigenvalue weighted by atomic mass is 9.98. The van der Waals surface area contributed by atoms with E-state index in [1.165, 1.54) is 6.08 Å². The molecule has 1 aromatic rings. The number of carbonyl (C=O) groups is 2. The summed E-state index contributed by atoms with van der Waals surface area (Å²) < 4.78 is 11.2. The zero-order valence-electron chi connectivity index (χ0n) is 18.7.